The van der Waals surface area contributed by atoms with Crippen LogP contribution in [-0.4, -0.2) is 29.7 Å². The molecule has 0 radical (unpaired) electrons. The Hall–Kier alpha value is -0.510. The fourth-order valence-electron chi connectivity index (χ4n) is 1.02. The number of Topliss-reactive ketones (excluding diaryl/α,β-unsaturated/α-hetero) is 1. The molecule has 1 saturated heterocycles. The average molecular weight is 173 g/mol. The number of rotatable bonds is 1. The molecule has 11 heavy (non-hydrogen) atoms. The zero-order chi connectivity index (χ0) is 8.27. The minimum absolute atomic E-state index is 0.00472. The van der Waals surface area contributed by atoms with Crippen LogP contribution in [0.3, 0.4) is 0 Å². The van der Waals surface area contributed by atoms with Gasteiger partial charge in [-0.05, 0) is 6.26 Å². The molecule has 1 N–H and O–H groups in total. The Morgan fingerprint density at radius 3 is 2.82 bits per heavy atom. The van der Waals surface area contributed by atoms with Gasteiger partial charge in [0.15, 0.2) is 0 Å². The first-order chi connectivity index (χ1) is 5.24. The summed E-state index contributed by atoms with van der Waals surface area (Å²) >= 11 is 1.50. The average Bonchev–Trinajstić information content (AvgIpc) is 2.15. The van der Waals surface area contributed by atoms with E-state index in [0.717, 1.165) is 0 Å². The van der Waals surface area contributed by atoms with E-state index in [2.05, 4.69) is 5.32 Å². The molecule has 0 bridgehead atoms. The van der Waals surface area contributed by atoms with E-state index in [1.165, 1.54) is 11.8 Å². The lowest BCUT2D eigenvalue weighted by Crippen LogP contribution is -2.29. The molecule has 3 nitrogen and oxygen atoms in total. The van der Waals surface area contributed by atoms with Crippen molar-refractivity contribution in [3.63, 3.8) is 0 Å². The fraction of sp³-hybridized carbons (Fsp3) is 0.714. The number of carbonyl (C=O) groups excluding carboxylic acids is 2. The quantitative estimate of drug-likeness (QED) is 0.616. The van der Waals surface area contributed by atoms with Gasteiger partial charge < -0.3 is 5.32 Å². The first-order valence-corrected chi connectivity index (χ1v) is 4.85. The van der Waals surface area contributed by atoms with Crippen molar-refractivity contribution < 1.29 is 9.59 Å². The van der Waals surface area contributed by atoms with Crippen LogP contribution in [0.1, 0.15) is 12.8 Å². The number of thioether (sulfide) groups is 1. The van der Waals surface area contributed by atoms with Gasteiger partial charge in [0.2, 0.25) is 5.91 Å². The molecular weight excluding hydrogens is 162 g/mol. The number of hydrogen-bond acceptors (Lipinski definition) is 3. The first kappa shape index (κ1) is 8.59. The lowest BCUT2D eigenvalue weighted by molar-refractivity contribution is -0.122. The van der Waals surface area contributed by atoms with Crippen LogP contribution < -0.4 is 5.32 Å². The summed E-state index contributed by atoms with van der Waals surface area (Å²) in [6, 6.07) is 0. The molecule has 0 aromatic rings. The third-order valence-corrected chi connectivity index (χ3v) is 2.73. The van der Waals surface area contributed by atoms with Crippen LogP contribution in [0.4, 0.5) is 0 Å². The number of carbonyl (C=O) groups is 2. The third kappa shape index (κ3) is 2.22. The van der Waals surface area contributed by atoms with E-state index in [1.807, 2.05) is 6.26 Å². The molecule has 62 valence electrons. The predicted octanol–water partition coefficient (Wildman–Crippen LogP) is 0.197. The molecule has 1 amide bonds. The molecule has 1 rings (SSSR count). The second-order valence-corrected chi connectivity index (χ2v) is 3.54. The van der Waals surface area contributed by atoms with Crippen LogP contribution >= 0.6 is 11.8 Å². The Bertz CT molecular complexity index is 181. The third-order valence-electron chi connectivity index (χ3n) is 1.73. The van der Waals surface area contributed by atoms with Crippen LogP contribution in [0, 0.1) is 0 Å². The van der Waals surface area contributed by atoms with Gasteiger partial charge in [0.25, 0.3) is 0 Å². The Kier molecular flexibility index (Phi) is 2.93. The molecule has 0 spiro atoms. The summed E-state index contributed by atoms with van der Waals surface area (Å²) in [5, 5.41) is 2.67. The predicted molar refractivity (Wildman–Crippen MR) is 44.6 cm³/mol. The normalized spacial score (nSPS) is 26.1. The maximum Gasteiger partial charge on any atom is 0.220 e. The molecule has 0 saturated carbocycles. The Balaban J connectivity index is 2.55. The molecule has 1 fully saturated rings. The number of amides is 1. The van der Waals surface area contributed by atoms with E-state index in [1.54, 1.807) is 0 Å². The van der Waals surface area contributed by atoms with Crippen LogP contribution in [0.25, 0.3) is 0 Å². The maximum atomic E-state index is 11.2. The smallest absolute Gasteiger partial charge is 0.220 e. The van der Waals surface area contributed by atoms with E-state index < -0.39 is 0 Å². The van der Waals surface area contributed by atoms with Gasteiger partial charge >= 0.3 is 0 Å². The van der Waals surface area contributed by atoms with Crippen molar-refractivity contribution >= 4 is 23.5 Å². The van der Waals surface area contributed by atoms with Gasteiger partial charge in [0.1, 0.15) is 5.78 Å². The lowest BCUT2D eigenvalue weighted by Gasteiger charge is -2.07. The minimum atomic E-state index is -0.0264. The van der Waals surface area contributed by atoms with E-state index in [-0.39, 0.29) is 16.9 Å². The highest BCUT2D eigenvalue weighted by Gasteiger charge is 2.22. The largest absolute Gasteiger partial charge is 0.355 e. The molecule has 1 atom stereocenters. The molecular formula is C7H11NO2S. The highest BCUT2D eigenvalue weighted by atomic mass is 32.2. The second-order valence-electron chi connectivity index (χ2n) is 2.49. The monoisotopic (exact) mass is 173 g/mol. The SMILES string of the molecule is CSC1CNC(=O)CCC1=O. The van der Waals surface area contributed by atoms with Crippen LogP contribution in [0.5, 0.6) is 0 Å². The van der Waals surface area contributed by atoms with E-state index in [4.69, 9.17) is 0 Å². The molecule has 4 heteroatoms. The molecule has 1 unspecified atom stereocenters. The molecule has 1 aliphatic rings. The van der Waals surface area contributed by atoms with Crippen molar-refractivity contribution in [1.82, 2.24) is 5.32 Å². The molecule has 1 heterocycles. The summed E-state index contributed by atoms with van der Waals surface area (Å²) in [6.07, 6.45) is 2.65. The Morgan fingerprint density at radius 1 is 1.45 bits per heavy atom. The van der Waals surface area contributed by atoms with Crippen molar-refractivity contribution in [2.24, 2.45) is 0 Å². The molecule has 0 aromatic heterocycles. The Morgan fingerprint density at radius 2 is 2.18 bits per heavy atom. The zero-order valence-electron chi connectivity index (χ0n) is 6.42. The summed E-state index contributed by atoms with van der Waals surface area (Å²) in [6.45, 7) is 0.499. The van der Waals surface area contributed by atoms with Crippen molar-refractivity contribution in [2.45, 2.75) is 18.1 Å². The standard InChI is InChI=1S/C7H11NO2S/c1-11-6-4-8-7(10)3-2-5(6)9/h6H,2-4H2,1H3,(H,8,10). The highest BCUT2D eigenvalue weighted by Crippen LogP contribution is 2.12. The summed E-state index contributed by atoms with van der Waals surface area (Å²) in [4.78, 5) is 22.0. The van der Waals surface area contributed by atoms with Gasteiger partial charge in [-0.2, -0.15) is 11.8 Å². The van der Waals surface area contributed by atoms with Crippen LogP contribution in [-0.2, 0) is 9.59 Å². The second kappa shape index (κ2) is 3.76. The highest BCUT2D eigenvalue weighted by molar-refractivity contribution is 7.99. The van der Waals surface area contributed by atoms with E-state index in [9.17, 15) is 9.59 Å². The summed E-state index contributed by atoms with van der Waals surface area (Å²) in [7, 11) is 0. The summed E-state index contributed by atoms with van der Waals surface area (Å²) in [5.41, 5.74) is 0. The van der Waals surface area contributed by atoms with Gasteiger partial charge in [-0.25, -0.2) is 0 Å². The van der Waals surface area contributed by atoms with Gasteiger partial charge in [0, 0.05) is 19.4 Å². The number of ketones is 1. The zero-order valence-corrected chi connectivity index (χ0v) is 7.24. The Labute approximate surface area is 69.9 Å². The van der Waals surface area contributed by atoms with Crippen LogP contribution in [0.15, 0.2) is 0 Å². The van der Waals surface area contributed by atoms with E-state index in [0.29, 0.717) is 19.4 Å². The maximum absolute atomic E-state index is 11.2. The van der Waals surface area contributed by atoms with Gasteiger partial charge in [0.05, 0.1) is 5.25 Å². The number of hydrogen-bond donors (Lipinski definition) is 1. The van der Waals surface area contributed by atoms with Crippen molar-refractivity contribution in [2.75, 3.05) is 12.8 Å². The summed E-state index contributed by atoms with van der Waals surface area (Å²) in [5.74, 6) is 0.186. The fourth-order valence-corrected chi connectivity index (χ4v) is 1.65. The lowest BCUT2D eigenvalue weighted by atomic mass is 10.2. The van der Waals surface area contributed by atoms with Crippen molar-refractivity contribution in [1.29, 1.82) is 0 Å². The van der Waals surface area contributed by atoms with Crippen molar-refractivity contribution in [3.8, 4) is 0 Å². The van der Waals surface area contributed by atoms with Gasteiger partial charge in [-0.15, -0.1) is 0 Å². The molecule has 1 aliphatic heterocycles. The summed E-state index contributed by atoms with van der Waals surface area (Å²) < 4.78 is 0. The van der Waals surface area contributed by atoms with E-state index >= 15 is 0 Å². The minimum Gasteiger partial charge on any atom is -0.355 e. The first-order valence-electron chi connectivity index (χ1n) is 3.56. The van der Waals surface area contributed by atoms with Gasteiger partial charge in [-0.1, -0.05) is 0 Å². The van der Waals surface area contributed by atoms with Crippen molar-refractivity contribution in [3.05, 3.63) is 0 Å². The number of nitrogens with one attached hydrogen (secondary N) is 1. The topological polar surface area (TPSA) is 46.2 Å². The van der Waals surface area contributed by atoms with Gasteiger partial charge in [-0.3, -0.25) is 9.59 Å². The van der Waals surface area contributed by atoms with Crippen LogP contribution in [0.2, 0.25) is 0 Å². The molecule has 0 aliphatic carbocycles. The molecule has 0 aromatic carbocycles.